The van der Waals surface area contributed by atoms with Crippen LogP contribution in [0.5, 0.6) is 0 Å². The van der Waals surface area contributed by atoms with Crippen LogP contribution < -0.4 is 5.56 Å². The van der Waals surface area contributed by atoms with Crippen molar-refractivity contribution in [2.45, 2.75) is 29.8 Å². The Morgan fingerprint density at radius 1 is 1.22 bits per heavy atom. The molecule has 32 heavy (non-hydrogen) atoms. The molecule has 12 heteroatoms. The average Bonchev–Trinajstić information content (AvgIpc) is 3.20. The Morgan fingerprint density at radius 3 is 2.69 bits per heavy atom. The predicted octanol–water partition coefficient (Wildman–Crippen LogP) is 1.54. The molecule has 4 rings (SSSR count). The normalized spacial score (nSPS) is 15.5. The molecular formula is C20H23N5O5S2. The van der Waals surface area contributed by atoms with Crippen molar-refractivity contribution in [3.05, 3.63) is 51.9 Å². The quantitative estimate of drug-likeness (QED) is 0.401. The van der Waals surface area contributed by atoms with Crippen molar-refractivity contribution in [3.63, 3.8) is 0 Å². The Labute approximate surface area is 189 Å². The highest BCUT2D eigenvalue weighted by molar-refractivity contribution is 7.99. The Hall–Kier alpha value is -2.54. The van der Waals surface area contributed by atoms with Crippen LogP contribution in [0.3, 0.4) is 0 Å². The molecule has 0 bridgehead atoms. The first-order valence-corrected chi connectivity index (χ1v) is 12.5. The number of sulfonamides is 1. The number of carbonyl (C=O) groups excluding carboxylic acids is 1. The van der Waals surface area contributed by atoms with Crippen LogP contribution in [-0.4, -0.2) is 70.1 Å². The fourth-order valence-electron chi connectivity index (χ4n) is 3.43. The molecule has 1 N–H and O–H groups in total. The van der Waals surface area contributed by atoms with Gasteiger partial charge in [0.1, 0.15) is 0 Å². The molecule has 0 unspecified atom stereocenters. The molecule has 3 heterocycles. The number of rotatable bonds is 7. The topological polar surface area (TPSA) is 127 Å². The van der Waals surface area contributed by atoms with Gasteiger partial charge in [0.2, 0.25) is 15.8 Å². The number of aromatic amines is 1. The summed E-state index contributed by atoms with van der Waals surface area (Å²) in [7, 11) is -3.69. The maximum Gasteiger partial charge on any atom is 0.252 e. The van der Waals surface area contributed by atoms with Gasteiger partial charge in [-0.15, -0.1) is 10.2 Å². The van der Waals surface area contributed by atoms with Gasteiger partial charge in [0.05, 0.1) is 23.9 Å². The van der Waals surface area contributed by atoms with E-state index in [4.69, 9.17) is 4.74 Å². The zero-order valence-corrected chi connectivity index (χ0v) is 19.3. The molecule has 3 aromatic rings. The molecular weight excluding hydrogens is 454 g/mol. The molecule has 0 radical (unpaired) electrons. The number of aromatic nitrogens is 4. The lowest BCUT2D eigenvalue weighted by atomic mass is 10.1. The summed E-state index contributed by atoms with van der Waals surface area (Å²) in [5, 5.41) is 8.58. The second kappa shape index (κ2) is 9.14. The van der Waals surface area contributed by atoms with Crippen LogP contribution in [0, 0.1) is 0 Å². The third-order valence-electron chi connectivity index (χ3n) is 5.09. The van der Waals surface area contributed by atoms with E-state index in [9.17, 15) is 18.0 Å². The van der Waals surface area contributed by atoms with Gasteiger partial charge in [-0.05, 0) is 18.1 Å². The minimum absolute atomic E-state index is 0.0402. The van der Waals surface area contributed by atoms with Crippen molar-refractivity contribution < 1.29 is 17.9 Å². The Balaban J connectivity index is 1.54. The Morgan fingerprint density at radius 2 is 1.97 bits per heavy atom. The number of nitrogens with one attached hydrogen (secondary N) is 1. The highest BCUT2D eigenvalue weighted by atomic mass is 32.2. The molecule has 10 nitrogen and oxygen atoms in total. The van der Waals surface area contributed by atoms with E-state index in [0.717, 1.165) is 5.69 Å². The van der Waals surface area contributed by atoms with Crippen LogP contribution in [0.15, 0.2) is 45.2 Å². The van der Waals surface area contributed by atoms with Gasteiger partial charge in [-0.25, -0.2) is 8.42 Å². The molecule has 1 aromatic carbocycles. The number of H-pyrrole nitrogens is 1. The molecule has 0 saturated carbocycles. The molecule has 170 valence electrons. The van der Waals surface area contributed by atoms with Gasteiger partial charge >= 0.3 is 0 Å². The van der Waals surface area contributed by atoms with Crippen molar-refractivity contribution in [2.75, 3.05) is 32.1 Å². The zero-order chi connectivity index (χ0) is 22.9. The van der Waals surface area contributed by atoms with Gasteiger partial charge in [-0.1, -0.05) is 37.7 Å². The van der Waals surface area contributed by atoms with Crippen molar-refractivity contribution >= 4 is 33.3 Å². The Bertz CT molecular complexity index is 1310. The van der Waals surface area contributed by atoms with Crippen LogP contribution >= 0.6 is 11.8 Å². The lowest BCUT2D eigenvalue weighted by Gasteiger charge is -2.26. The summed E-state index contributed by atoms with van der Waals surface area (Å²) in [5.74, 6) is 0.169. The number of morpholine rings is 1. The highest BCUT2D eigenvalue weighted by Gasteiger charge is 2.27. The summed E-state index contributed by atoms with van der Waals surface area (Å²) in [4.78, 5) is 27.4. The standard InChI is InChI=1S/C20H23N5O5S2/c1-13(2)16-11-18(27)21-19-22-23-20(25(16)19)31-12-17(26)14-4-3-5-15(10-14)32(28,29)24-6-8-30-9-7-24/h3-5,10-11,13H,6-9,12H2,1-2H3,(H,21,22,27). The van der Waals surface area contributed by atoms with Gasteiger partial charge in [0.25, 0.3) is 5.56 Å². The lowest BCUT2D eigenvalue weighted by Crippen LogP contribution is -2.40. The molecule has 1 aliphatic rings. The SMILES string of the molecule is CC(C)c1cc(=O)[nH]c2nnc(SCC(=O)c3cccc(S(=O)(=O)N4CCOCC4)c3)n12. The van der Waals surface area contributed by atoms with Crippen LogP contribution in [0.2, 0.25) is 0 Å². The smallest absolute Gasteiger partial charge is 0.252 e. The van der Waals surface area contributed by atoms with Gasteiger partial charge in [-0.2, -0.15) is 4.31 Å². The third-order valence-corrected chi connectivity index (χ3v) is 7.92. The second-order valence-electron chi connectivity index (χ2n) is 7.61. The second-order valence-corrected chi connectivity index (χ2v) is 10.5. The van der Waals surface area contributed by atoms with Crippen LogP contribution in [-0.2, 0) is 14.8 Å². The monoisotopic (exact) mass is 477 g/mol. The van der Waals surface area contributed by atoms with Gasteiger partial charge in [0.15, 0.2) is 10.9 Å². The van der Waals surface area contributed by atoms with Crippen LogP contribution in [0.4, 0.5) is 0 Å². The molecule has 0 spiro atoms. The van der Waals surface area contributed by atoms with Gasteiger partial charge in [0, 0.05) is 30.4 Å². The first-order valence-electron chi connectivity index (χ1n) is 10.1. The van der Waals surface area contributed by atoms with Gasteiger partial charge < -0.3 is 4.74 Å². The average molecular weight is 478 g/mol. The van der Waals surface area contributed by atoms with Crippen molar-refractivity contribution in [1.29, 1.82) is 0 Å². The number of benzene rings is 1. The largest absolute Gasteiger partial charge is 0.379 e. The first kappa shape index (κ1) is 22.6. The summed E-state index contributed by atoms with van der Waals surface area (Å²) in [6.07, 6.45) is 0. The van der Waals surface area contributed by atoms with E-state index < -0.39 is 10.0 Å². The minimum atomic E-state index is -3.69. The van der Waals surface area contributed by atoms with E-state index in [1.165, 1.54) is 34.3 Å². The maximum absolute atomic E-state index is 12.9. The molecule has 2 aromatic heterocycles. The number of Topliss-reactive ketones (excluding diaryl/α,β-unsaturated/α-hetero) is 1. The van der Waals surface area contributed by atoms with Gasteiger partial charge in [-0.3, -0.25) is 19.0 Å². The molecule has 0 atom stereocenters. The number of ketones is 1. The number of nitrogens with zero attached hydrogens (tertiary/aromatic N) is 4. The molecule has 1 fully saturated rings. The van der Waals surface area contributed by atoms with Crippen molar-refractivity contribution in [1.82, 2.24) is 23.9 Å². The molecule has 0 aliphatic carbocycles. The summed E-state index contributed by atoms with van der Waals surface area (Å²) in [6.45, 7) is 5.18. The summed E-state index contributed by atoms with van der Waals surface area (Å²) in [5.41, 5.74) is 0.778. The Kier molecular flexibility index (Phi) is 6.47. The number of thioether (sulfide) groups is 1. The zero-order valence-electron chi connectivity index (χ0n) is 17.6. The maximum atomic E-state index is 12.9. The molecule has 1 saturated heterocycles. The number of fused-ring (bicyclic) bond motifs is 1. The third kappa shape index (κ3) is 4.49. The predicted molar refractivity (Wildman–Crippen MR) is 119 cm³/mol. The number of hydrogen-bond donors (Lipinski definition) is 1. The van der Waals surface area contributed by atoms with Crippen LogP contribution in [0.25, 0.3) is 5.78 Å². The van der Waals surface area contributed by atoms with E-state index in [1.54, 1.807) is 16.5 Å². The number of ether oxygens (including phenoxy) is 1. The van der Waals surface area contributed by atoms with E-state index in [-0.39, 0.29) is 41.0 Å². The van der Waals surface area contributed by atoms with Crippen LogP contribution in [0.1, 0.15) is 35.8 Å². The van der Waals surface area contributed by atoms with E-state index in [1.807, 2.05) is 13.8 Å². The van der Waals surface area contributed by atoms with E-state index in [0.29, 0.717) is 29.7 Å². The minimum Gasteiger partial charge on any atom is -0.379 e. The van der Waals surface area contributed by atoms with Crippen molar-refractivity contribution in [3.8, 4) is 0 Å². The summed E-state index contributed by atoms with van der Waals surface area (Å²) >= 11 is 1.18. The highest BCUT2D eigenvalue weighted by Crippen LogP contribution is 2.23. The fraction of sp³-hybridized carbons (Fsp3) is 0.400. The lowest BCUT2D eigenvalue weighted by molar-refractivity contribution is 0.0730. The number of hydrogen-bond acceptors (Lipinski definition) is 8. The van der Waals surface area contributed by atoms with Crippen molar-refractivity contribution in [2.24, 2.45) is 0 Å². The summed E-state index contributed by atoms with van der Waals surface area (Å²) < 4.78 is 34.1. The molecule has 1 aliphatic heterocycles. The summed E-state index contributed by atoms with van der Waals surface area (Å²) in [6, 6.07) is 7.56. The fourth-order valence-corrected chi connectivity index (χ4v) is 5.73. The number of carbonyl (C=O) groups is 1. The molecule has 0 amide bonds. The van der Waals surface area contributed by atoms with E-state index >= 15 is 0 Å². The first-order chi connectivity index (χ1) is 15.3. The van der Waals surface area contributed by atoms with E-state index in [2.05, 4.69) is 15.2 Å².